The van der Waals surface area contributed by atoms with Crippen LogP contribution < -0.4 is 10.2 Å². The van der Waals surface area contributed by atoms with E-state index >= 15 is 0 Å². The molecule has 1 unspecified atom stereocenters. The van der Waals surface area contributed by atoms with Gasteiger partial charge in [-0.3, -0.25) is 0 Å². The number of phenolic OH excluding ortho intramolecular Hbond substituents is 1. The number of hydrogen-bond donors (Lipinski definition) is 2. The molecule has 0 aliphatic heterocycles. The van der Waals surface area contributed by atoms with Crippen molar-refractivity contribution in [1.82, 2.24) is 5.32 Å². The highest BCUT2D eigenvalue weighted by atomic mass is 16.3. The van der Waals surface area contributed by atoms with Crippen molar-refractivity contribution < 1.29 is 5.11 Å². The molecule has 0 spiro atoms. The van der Waals surface area contributed by atoms with Crippen LogP contribution in [0.15, 0.2) is 18.2 Å². The van der Waals surface area contributed by atoms with Gasteiger partial charge >= 0.3 is 0 Å². The smallest absolute Gasteiger partial charge is 0.122 e. The molecule has 0 radical (unpaired) electrons. The summed E-state index contributed by atoms with van der Waals surface area (Å²) in [4.78, 5) is 2.51. The van der Waals surface area contributed by atoms with Gasteiger partial charge in [-0.1, -0.05) is 32.8 Å². The van der Waals surface area contributed by atoms with E-state index in [1.165, 1.54) is 31.4 Å². The number of aromatic hydroxyl groups is 1. The van der Waals surface area contributed by atoms with Crippen LogP contribution in [0.25, 0.3) is 0 Å². The van der Waals surface area contributed by atoms with Gasteiger partial charge in [-0.2, -0.15) is 0 Å². The Morgan fingerprint density at radius 3 is 2.43 bits per heavy atom. The van der Waals surface area contributed by atoms with Crippen LogP contribution in [0.2, 0.25) is 0 Å². The second-order valence-electron chi connectivity index (χ2n) is 6.74. The Balaban J connectivity index is 2.25. The van der Waals surface area contributed by atoms with E-state index in [0.717, 1.165) is 12.1 Å². The molecule has 1 aliphatic rings. The molecule has 3 heteroatoms. The van der Waals surface area contributed by atoms with Crippen LogP contribution in [-0.4, -0.2) is 24.7 Å². The van der Waals surface area contributed by atoms with E-state index in [4.69, 9.17) is 0 Å². The van der Waals surface area contributed by atoms with Gasteiger partial charge < -0.3 is 15.3 Å². The monoisotopic (exact) mass is 290 g/mol. The second kappa shape index (κ2) is 7.17. The summed E-state index contributed by atoms with van der Waals surface area (Å²) in [7, 11) is 1.92. The van der Waals surface area contributed by atoms with Crippen molar-refractivity contribution in [2.24, 2.45) is 5.92 Å². The lowest BCUT2D eigenvalue weighted by Crippen LogP contribution is -2.36. The molecule has 1 saturated carbocycles. The molecule has 0 amide bonds. The zero-order valence-electron chi connectivity index (χ0n) is 13.9. The zero-order chi connectivity index (χ0) is 15.4. The molecule has 0 aromatic heterocycles. The molecule has 1 atom stereocenters. The number of hydrogen-bond acceptors (Lipinski definition) is 3. The minimum absolute atomic E-state index is 0.170. The molecule has 3 nitrogen and oxygen atoms in total. The van der Waals surface area contributed by atoms with Crippen molar-refractivity contribution in [2.75, 3.05) is 18.5 Å². The lowest BCUT2D eigenvalue weighted by atomic mass is 10.0. The zero-order valence-corrected chi connectivity index (χ0v) is 13.9. The first-order chi connectivity index (χ1) is 10.0. The summed E-state index contributed by atoms with van der Waals surface area (Å²) in [6.45, 7) is 7.65. The third-order valence-electron chi connectivity index (χ3n) is 4.57. The highest BCUT2D eigenvalue weighted by molar-refractivity contribution is 5.55. The Labute approximate surface area is 129 Å². The average molecular weight is 290 g/mol. The Kier molecular flexibility index (Phi) is 5.51. The Morgan fingerprint density at radius 1 is 1.24 bits per heavy atom. The van der Waals surface area contributed by atoms with Crippen LogP contribution in [0, 0.1) is 5.92 Å². The lowest BCUT2D eigenvalue weighted by Gasteiger charge is -2.33. The van der Waals surface area contributed by atoms with Crippen LogP contribution in [0.3, 0.4) is 0 Å². The summed E-state index contributed by atoms with van der Waals surface area (Å²) in [6.07, 6.45) is 5.23. The van der Waals surface area contributed by atoms with Gasteiger partial charge in [0.2, 0.25) is 0 Å². The lowest BCUT2D eigenvalue weighted by molar-refractivity contribution is 0.456. The number of nitrogens with one attached hydrogen (secondary N) is 1. The summed E-state index contributed by atoms with van der Waals surface area (Å²) in [5.74, 6) is 1.03. The fraction of sp³-hybridized carbons (Fsp3) is 0.667. The van der Waals surface area contributed by atoms with Gasteiger partial charge in [-0.15, -0.1) is 0 Å². The minimum Gasteiger partial charge on any atom is -0.508 e. The number of nitrogens with zero attached hydrogens (tertiary/aromatic N) is 1. The molecule has 1 aliphatic carbocycles. The van der Waals surface area contributed by atoms with Crippen molar-refractivity contribution in [3.8, 4) is 5.75 Å². The first-order valence-corrected chi connectivity index (χ1v) is 8.29. The summed E-state index contributed by atoms with van der Waals surface area (Å²) < 4.78 is 0. The average Bonchev–Trinajstić information content (AvgIpc) is 2.97. The normalized spacial score (nSPS) is 17.4. The topological polar surface area (TPSA) is 35.5 Å². The number of benzene rings is 1. The van der Waals surface area contributed by atoms with E-state index in [-0.39, 0.29) is 6.04 Å². The molecular weight excluding hydrogens is 260 g/mol. The standard InChI is InChI=1S/C18H30N2O/c1-13(2)12-20(15-7-5-6-8-15)16-9-10-17(14(3)19-4)18(21)11-16/h9-11,13-15,19,21H,5-8,12H2,1-4H3. The molecule has 21 heavy (non-hydrogen) atoms. The largest absolute Gasteiger partial charge is 0.508 e. The quantitative estimate of drug-likeness (QED) is 0.828. The second-order valence-corrected chi connectivity index (χ2v) is 6.74. The molecule has 1 aromatic rings. The minimum atomic E-state index is 0.170. The molecular formula is C18H30N2O. The Morgan fingerprint density at radius 2 is 1.90 bits per heavy atom. The molecule has 1 fully saturated rings. The van der Waals surface area contributed by atoms with Gasteiger partial charge in [-0.25, -0.2) is 0 Å². The third kappa shape index (κ3) is 3.91. The van der Waals surface area contributed by atoms with Gasteiger partial charge in [0.05, 0.1) is 0 Å². The van der Waals surface area contributed by atoms with Gasteiger partial charge in [0.1, 0.15) is 5.75 Å². The van der Waals surface area contributed by atoms with Crippen LogP contribution in [0.1, 0.15) is 58.1 Å². The summed E-state index contributed by atoms with van der Waals surface area (Å²) in [5.41, 5.74) is 2.14. The summed E-state index contributed by atoms with van der Waals surface area (Å²) in [5, 5.41) is 13.5. The predicted octanol–water partition coefficient (Wildman–Crippen LogP) is 4.08. The van der Waals surface area contributed by atoms with Crippen LogP contribution in [0.4, 0.5) is 5.69 Å². The number of rotatable bonds is 6. The van der Waals surface area contributed by atoms with Gasteiger partial charge in [0.25, 0.3) is 0 Å². The van der Waals surface area contributed by atoms with Crippen LogP contribution in [-0.2, 0) is 0 Å². The Bertz CT molecular complexity index is 453. The van der Waals surface area contributed by atoms with Crippen LogP contribution >= 0.6 is 0 Å². The van der Waals surface area contributed by atoms with Gasteiger partial charge in [-0.05, 0) is 38.8 Å². The molecule has 2 N–H and O–H groups in total. The fourth-order valence-electron chi connectivity index (χ4n) is 3.31. The van der Waals surface area contributed by atoms with Crippen molar-refractivity contribution >= 4 is 5.69 Å². The van der Waals surface area contributed by atoms with Crippen molar-refractivity contribution in [1.29, 1.82) is 0 Å². The van der Waals surface area contributed by atoms with E-state index < -0.39 is 0 Å². The molecule has 2 rings (SSSR count). The number of anilines is 1. The Hall–Kier alpha value is -1.22. The first kappa shape index (κ1) is 16.2. The molecule has 0 saturated heterocycles. The van der Waals surface area contributed by atoms with Crippen molar-refractivity contribution in [3.05, 3.63) is 23.8 Å². The highest BCUT2D eigenvalue weighted by Gasteiger charge is 2.24. The number of phenols is 1. The van der Waals surface area contributed by atoms with Gasteiger partial charge in [0.15, 0.2) is 0 Å². The SMILES string of the molecule is CNC(C)c1ccc(N(CC(C)C)C2CCCC2)cc1O. The van der Waals surface area contributed by atoms with E-state index in [1.54, 1.807) is 0 Å². The first-order valence-electron chi connectivity index (χ1n) is 8.29. The molecule has 1 aromatic carbocycles. The maximum absolute atomic E-state index is 10.4. The van der Waals surface area contributed by atoms with Crippen molar-refractivity contribution in [2.45, 2.75) is 58.5 Å². The van der Waals surface area contributed by atoms with Crippen LogP contribution in [0.5, 0.6) is 5.75 Å². The fourth-order valence-corrected chi connectivity index (χ4v) is 3.31. The maximum Gasteiger partial charge on any atom is 0.122 e. The summed E-state index contributed by atoms with van der Waals surface area (Å²) >= 11 is 0. The molecule has 118 valence electrons. The van der Waals surface area contributed by atoms with E-state index in [0.29, 0.717) is 17.7 Å². The van der Waals surface area contributed by atoms with E-state index in [2.05, 4.69) is 43.1 Å². The summed E-state index contributed by atoms with van der Waals surface area (Å²) in [6, 6.07) is 6.99. The third-order valence-corrected chi connectivity index (χ3v) is 4.57. The van der Waals surface area contributed by atoms with E-state index in [1.807, 2.05) is 13.1 Å². The predicted molar refractivity (Wildman–Crippen MR) is 90.0 cm³/mol. The van der Waals surface area contributed by atoms with Crippen molar-refractivity contribution in [3.63, 3.8) is 0 Å². The molecule has 0 heterocycles. The highest BCUT2D eigenvalue weighted by Crippen LogP contribution is 2.33. The molecule has 0 bridgehead atoms. The van der Waals surface area contributed by atoms with E-state index in [9.17, 15) is 5.11 Å². The maximum atomic E-state index is 10.4. The van der Waals surface area contributed by atoms with Gasteiger partial charge in [0, 0.05) is 35.9 Å².